The molecule has 1 saturated carbocycles. The molecular weight excluding hydrogens is 358 g/mol. The molecule has 150 valence electrons. The maximum atomic E-state index is 12.6. The molecule has 1 fully saturated rings. The average Bonchev–Trinajstić information content (AvgIpc) is 2.72. The summed E-state index contributed by atoms with van der Waals surface area (Å²) < 4.78 is 13.5. The molecule has 5 N–H and O–H groups in total. The molecule has 0 radical (unpaired) electrons. The first-order valence-electron chi connectivity index (χ1n) is 9.93. The second-order valence-corrected chi connectivity index (χ2v) is 7.40. The third-order valence-electron chi connectivity index (χ3n) is 5.52. The van der Waals surface area contributed by atoms with Crippen LogP contribution in [0.15, 0.2) is 29.2 Å². The molecular formula is C20H27N5O3. The van der Waals surface area contributed by atoms with E-state index in [9.17, 15) is 4.79 Å². The minimum Gasteiger partial charge on any atom is -0.491 e. The third kappa shape index (κ3) is 3.70. The van der Waals surface area contributed by atoms with Crippen LogP contribution in [0.2, 0.25) is 0 Å². The fourth-order valence-electron chi connectivity index (χ4n) is 3.88. The van der Waals surface area contributed by atoms with Gasteiger partial charge >= 0.3 is 5.69 Å². The molecule has 8 heteroatoms. The summed E-state index contributed by atoms with van der Waals surface area (Å²) in [6, 6.07) is 5.74. The van der Waals surface area contributed by atoms with Crippen molar-refractivity contribution in [2.45, 2.75) is 38.1 Å². The lowest BCUT2D eigenvalue weighted by Gasteiger charge is -2.30. The van der Waals surface area contributed by atoms with Gasteiger partial charge in [0.2, 0.25) is 0 Å². The largest absolute Gasteiger partial charge is 0.491 e. The SMILES string of the molecule is NCCCOc1cccc2c1Nc1nc(=O)n([C@H]3CC[C@H](CN)CC3)cc1O2. The van der Waals surface area contributed by atoms with Crippen molar-refractivity contribution >= 4 is 11.5 Å². The van der Waals surface area contributed by atoms with Crippen molar-refractivity contribution < 1.29 is 9.47 Å². The minimum absolute atomic E-state index is 0.143. The molecule has 1 aliphatic heterocycles. The lowest BCUT2D eigenvalue weighted by Crippen LogP contribution is -2.31. The van der Waals surface area contributed by atoms with Crippen LogP contribution in [0, 0.1) is 5.92 Å². The van der Waals surface area contributed by atoms with Gasteiger partial charge in [0.25, 0.3) is 0 Å². The molecule has 1 aliphatic carbocycles. The molecule has 1 aromatic carbocycles. The summed E-state index contributed by atoms with van der Waals surface area (Å²) in [4.78, 5) is 16.9. The molecule has 0 spiro atoms. The number of anilines is 2. The quantitative estimate of drug-likeness (QED) is 0.558. The van der Waals surface area contributed by atoms with Gasteiger partial charge in [-0.1, -0.05) is 6.07 Å². The summed E-state index contributed by atoms with van der Waals surface area (Å²) in [6.45, 7) is 1.79. The predicted molar refractivity (Wildman–Crippen MR) is 108 cm³/mol. The summed E-state index contributed by atoms with van der Waals surface area (Å²) in [7, 11) is 0. The van der Waals surface area contributed by atoms with Gasteiger partial charge in [0.05, 0.1) is 12.8 Å². The Kier molecular flexibility index (Phi) is 5.50. The first-order valence-corrected chi connectivity index (χ1v) is 9.93. The van der Waals surface area contributed by atoms with Gasteiger partial charge in [0, 0.05) is 6.04 Å². The van der Waals surface area contributed by atoms with Crippen LogP contribution >= 0.6 is 0 Å². The number of nitrogens with two attached hydrogens (primary N) is 2. The first kappa shape index (κ1) is 18.8. The van der Waals surface area contributed by atoms with Crippen molar-refractivity contribution in [2.24, 2.45) is 17.4 Å². The van der Waals surface area contributed by atoms with Crippen LogP contribution in [-0.4, -0.2) is 29.2 Å². The highest BCUT2D eigenvalue weighted by molar-refractivity contribution is 5.77. The lowest BCUT2D eigenvalue weighted by molar-refractivity contribution is 0.271. The molecule has 2 heterocycles. The molecule has 0 bridgehead atoms. The van der Waals surface area contributed by atoms with Crippen molar-refractivity contribution in [2.75, 3.05) is 25.0 Å². The molecule has 28 heavy (non-hydrogen) atoms. The molecule has 2 aliphatic rings. The zero-order chi connectivity index (χ0) is 19.5. The van der Waals surface area contributed by atoms with Crippen LogP contribution in [0.5, 0.6) is 17.2 Å². The monoisotopic (exact) mass is 385 g/mol. The lowest BCUT2D eigenvalue weighted by atomic mass is 9.86. The maximum Gasteiger partial charge on any atom is 0.350 e. The van der Waals surface area contributed by atoms with Crippen LogP contribution in [0.25, 0.3) is 0 Å². The van der Waals surface area contributed by atoms with Gasteiger partial charge < -0.3 is 26.3 Å². The van der Waals surface area contributed by atoms with Gasteiger partial charge in [-0.25, -0.2) is 4.79 Å². The van der Waals surface area contributed by atoms with E-state index >= 15 is 0 Å². The van der Waals surface area contributed by atoms with Crippen molar-refractivity contribution in [1.82, 2.24) is 9.55 Å². The molecule has 8 nitrogen and oxygen atoms in total. The van der Waals surface area contributed by atoms with Gasteiger partial charge in [0.15, 0.2) is 17.3 Å². The topological polar surface area (TPSA) is 117 Å². The van der Waals surface area contributed by atoms with Gasteiger partial charge in [0.1, 0.15) is 11.4 Å². The fraction of sp³-hybridized carbons (Fsp3) is 0.500. The van der Waals surface area contributed by atoms with E-state index in [1.807, 2.05) is 18.2 Å². The normalized spacial score (nSPS) is 20.5. The van der Waals surface area contributed by atoms with Crippen LogP contribution in [0.3, 0.4) is 0 Å². The van der Waals surface area contributed by atoms with E-state index in [0.717, 1.165) is 32.1 Å². The Morgan fingerprint density at radius 2 is 2.04 bits per heavy atom. The first-order chi connectivity index (χ1) is 13.7. The van der Waals surface area contributed by atoms with Gasteiger partial charge in [-0.15, -0.1) is 0 Å². The van der Waals surface area contributed by atoms with Crippen LogP contribution in [0.1, 0.15) is 38.1 Å². The fourth-order valence-corrected chi connectivity index (χ4v) is 3.88. The predicted octanol–water partition coefficient (Wildman–Crippen LogP) is 2.51. The summed E-state index contributed by atoms with van der Waals surface area (Å²) in [5.41, 5.74) is 11.7. The highest BCUT2D eigenvalue weighted by Crippen LogP contribution is 2.45. The van der Waals surface area contributed by atoms with E-state index in [1.54, 1.807) is 10.8 Å². The highest BCUT2D eigenvalue weighted by Gasteiger charge is 2.26. The summed E-state index contributed by atoms with van der Waals surface area (Å²) >= 11 is 0. The van der Waals surface area contributed by atoms with Crippen LogP contribution in [-0.2, 0) is 0 Å². The van der Waals surface area contributed by atoms with E-state index in [2.05, 4.69) is 10.3 Å². The van der Waals surface area contributed by atoms with Crippen LogP contribution < -0.4 is 31.9 Å². The minimum atomic E-state index is -0.268. The molecule has 0 amide bonds. The van der Waals surface area contributed by atoms with Crippen molar-refractivity contribution in [1.29, 1.82) is 0 Å². The number of hydrogen-bond donors (Lipinski definition) is 3. The Balaban J connectivity index is 1.57. The second-order valence-electron chi connectivity index (χ2n) is 7.40. The Hall–Kier alpha value is -2.58. The number of fused-ring (bicyclic) bond motifs is 2. The zero-order valence-electron chi connectivity index (χ0n) is 15.9. The van der Waals surface area contributed by atoms with E-state index in [0.29, 0.717) is 54.4 Å². The van der Waals surface area contributed by atoms with Gasteiger partial charge in [-0.05, 0) is 63.2 Å². The Morgan fingerprint density at radius 3 is 2.79 bits per heavy atom. The maximum absolute atomic E-state index is 12.6. The number of hydrogen-bond acceptors (Lipinski definition) is 7. The number of benzene rings is 1. The summed E-state index contributed by atoms with van der Waals surface area (Å²) in [5, 5.41) is 3.20. The van der Waals surface area contributed by atoms with E-state index < -0.39 is 0 Å². The standard InChI is InChI=1S/C20H27N5O3/c21-9-2-10-27-15-3-1-4-16-18(15)23-19-17(28-16)12-25(20(26)24-19)14-7-5-13(11-22)6-8-14/h1,3-4,12-14H,2,5-11,21-22H2,(H,23,24,26)/t13-,14-. The molecule has 0 unspecified atom stereocenters. The zero-order valence-corrected chi connectivity index (χ0v) is 15.9. The number of ether oxygens (including phenoxy) is 2. The second kappa shape index (κ2) is 8.20. The van der Waals surface area contributed by atoms with Crippen molar-refractivity contribution in [3.05, 3.63) is 34.9 Å². The summed E-state index contributed by atoms with van der Waals surface area (Å²) in [6.07, 6.45) is 6.48. The number of para-hydroxylation sites is 1. The molecule has 1 aromatic heterocycles. The van der Waals surface area contributed by atoms with Crippen molar-refractivity contribution in [3.8, 4) is 17.2 Å². The molecule has 4 rings (SSSR count). The Morgan fingerprint density at radius 1 is 1.21 bits per heavy atom. The molecule has 2 aromatic rings. The molecule has 0 atom stereocenters. The Labute approximate surface area is 163 Å². The van der Waals surface area contributed by atoms with Gasteiger partial charge in [-0.3, -0.25) is 4.57 Å². The van der Waals surface area contributed by atoms with Crippen molar-refractivity contribution in [3.63, 3.8) is 0 Å². The summed E-state index contributed by atoms with van der Waals surface area (Å²) in [5.74, 6) is 2.82. The number of aromatic nitrogens is 2. The van der Waals surface area contributed by atoms with E-state index in [4.69, 9.17) is 20.9 Å². The number of nitrogens with one attached hydrogen (secondary N) is 1. The number of nitrogens with zero attached hydrogens (tertiary/aromatic N) is 2. The smallest absolute Gasteiger partial charge is 0.350 e. The van der Waals surface area contributed by atoms with Crippen LogP contribution in [0.4, 0.5) is 11.5 Å². The van der Waals surface area contributed by atoms with E-state index in [1.165, 1.54) is 0 Å². The van der Waals surface area contributed by atoms with Gasteiger partial charge in [-0.2, -0.15) is 4.98 Å². The molecule has 0 saturated heterocycles. The van der Waals surface area contributed by atoms with E-state index in [-0.39, 0.29) is 11.7 Å². The number of rotatable bonds is 6. The Bertz CT molecular complexity index is 890. The highest BCUT2D eigenvalue weighted by atomic mass is 16.5. The third-order valence-corrected chi connectivity index (χ3v) is 5.52. The average molecular weight is 385 g/mol.